The second-order valence-electron chi connectivity index (χ2n) is 3.84. The van der Waals surface area contributed by atoms with Crippen molar-refractivity contribution in [2.24, 2.45) is 5.92 Å². The number of rotatable bonds is 8. The van der Waals surface area contributed by atoms with Gasteiger partial charge in [-0.05, 0) is 12.3 Å². The third-order valence-corrected chi connectivity index (χ3v) is 2.69. The summed E-state index contributed by atoms with van der Waals surface area (Å²) in [4.78, 5) is 10.6. The number of carbonyl (C=O) groups is 1. The van der Waals surface area contributed by atoms with Gasteiger partial charge < -0.3 is 10.2 Å². The predicted octanol–water partition coefficient (Wildman–Crippen LogP) is 2.60. The molecule has 0 aromatic carbocycles. The van der Waals surface area contributed by atoms with Crippen LogP contribution in [-0.4, -0.2) is 22.8 Å². The fraction of sp³-hybridized carbons (Fsp3) is 0.750. The van der Waals surface area contributed by atoms with E-state index in [2.05, 4.69) is 13.8 Å². The number of unbranched alkanes of at least 4 members (excludes halogenated alkanes) is 1. The molecular formula is C12H22O3. The quantitative estimate of drug-likeness (QED) is 0.611. The molecule has 0 rings (SSSR count). The van der Waals surface area contributed by atoms with Gasteiger partial charge in [0.25, 0.3) is 0 Å². The highest BCUT2D eigenvalue weighted by molar-refractivity contribution is 5.86. The van der Waals surface area contributed by atoms with Crippen LogP contribution in [0.25, 0.3) is 0 Å². The molecule has 3 nitrogen and oxygen atoms in total. The van der Waals surface area contributed by atoms with E-state index in [0.717, 1.165) is 19.3 Å². The van der Waals surface area contributed by atoms with Crippen molar-refractivity contribution in [1.82, 2.24) is 0 Å². The van der Waals surface area contributed by atoms with E-state index in [1.807, 2.05) is 0 Å². The van der Waals surface area contributed by atoms with E-state index in [-0.39, 0.29) is 12.2 Å². The number of allylic oxidation sites excluding steroid dienone is 1. The number of aliphatic carboxylic acids is 1. The highest BCUT2D eigenvalue weighted by atomic mass is 16.4. The summed E-state index contributed by atoms with van der Waals surface area (Å²) in [5, 5.41) is 17.5. The highest BCUT2D eigenvalue weighted by Crippen LogP contribution is 2.17. The van der Waals surface area contributed by atoms with Crippen molar-refractivity contribution in [1.29, 1.82) is 0 Å². The Hall–Kier alpha value is -0.830. The Kier molecular flexibility index (Phi) is 8.01. The van der Waals surface area contributed by atoms with Gasteiger partial charge >= 0.3 is 5.97 Å². The second kappa shape index (κ2) is 8.48. The maximum absolute atomic E-state index is 10.6. The lowest BCUT2D eigenvalue weighted by Gasteiger charge is -2.11. The zero-order valence-corrected chi connectivity index (χ0v) is 9.70. The molecule has 0 aliphatic carbocycles. The average Bonchev–Trinajstić information content (AvgIpc) is 2.23. The van der Waals surface area contributed by atoms with Gasteiger partial charge in [-0.15, -0.1) is 0 Å². The summed E-state index contributed by atoms with van der Waals surface area (Å²) in [5.74, 6) is -0.464. The molecule has 0 saturated carbocycles. The normalized spacial score (nSPS) is 13.9. The molecule has 0 aliphatic rings. The van der Waals surface area contributed by atoms with Gasteiger partial charge in [0.15, 0.2) is 0 Å². The molecule has 2 N–H and O–H groups in total. The van der Waals surface area contributed by atoms with E-state index >= 15 is 0 Å². The third kappa shape index (κ3) is 6.28. The Balaban J connectivity index is 4.10. The minimum Gasteiger partial charge on any atom is -0.478 e. The van der Waals surface area contributed by atoms with Gasteiger partial charge in [0.05, 0.1) is 12.2 Å². The number of carboxylic acids is 1. The second-order valence-corrected chi connectivity index (χ2v) is 3.84. The summed E-state index contributed by atoms with van der Waals surface area (Å²) in [6.45, 7) is 3.89. The van der Waals surface area contributed by atoms with Gasteiger partial charge in [-0.2, -0.15) is 0 Å². The van der Waals surface area contributed by atoms with Crippen molar-refractivity contribution in [2.45, 2.75) is 46.0 Å². The molecule has 0 fully saturated rings. The predicted molar refractivity (Wildman–Crippen MR) is 60.7 cm³/mol. The van der Waals surface area contributed by atoms with Crippen molar-refractivity contribution in [3.05, 3.63) is 11.6 Å². The van der Waals surface area contributed by atoms with Crippen molar-refractivity contribution in [3.8, 4) is 0 Å². The van der Waals surface area contributed by atoms with Gasteiger partial charge in [0.1, 0.15) is 0 Å². The van der Waals surface area contributed by atoms with E-state index < -0.39 is 5.97 Å². The fourth-order valence-electron chi connectivity index (χ4n) is 1.51. The summed E-state index contributed by atoms with van der Waals surface area (Å²) in [5.41, 5.74) is 0.116. The maximum Gasteiger partial charge on any atom is 0.333 e. The summed E-state index contributed by atoms with van der Waals surface area (Å²) in [6, 6.07) is 0. The van der Waals surface area contributed by atoms with Crippen molar-refractivity contribution < 1.29 is 15.0 Å². The van der Waals surface area contributed by atoms with Crippen LogP contribution < -0.4 is 0 Å². The van der Waals surface area contributed by atoms with Crippen LogP contribution in [0.5, 0.6) is 0 Å². The topological polar surface area (TPSA) is 57.5 Å². The summed E-state index contributed by atoms with van der Waals surface area (Å²) < 4.78 is 0. The zero-order valence-electron chi connectivity index (χ0n) is 9.70. The van der Waals surface area contributed by atoms with E-state index in [0.29, 0.717) is 5.92 Å². The molecule has 0 amide bonds. The third-order valence-electron chi connectivity index (χ3n) is 2.69. The Bertz CT molecular complexity index is 209. The fourth-order valence-corrected chi connectivity index (χ4v) is 1.51. The number of hydrogen-bond acceptors (Lipinski definition) is 2. The van der Waals surface area contributed by atoms with Gasteiger partial charge in [-0.25, -0.2) is 4.79 Å². The standard InChI is InChI=1S/C12H22O3/c1-3-5-6-10(4-2)7-8-11(9-13)12(14)15/h8,10,13H,3-7,9H2,1-2H3,(H,14,15). The first-order valence-electron chi connectivity index (χ1n) is 5.68. The van der Waals surface area contributed by atoms with Gasteiger partial charge in [-0.1, -0.05) is 45.6 Å². The summed E-state index contributed by atoms with van der Waals surface area (Å²) >= 11 is 0. The van der Waals surface area contributed by atoms with Crippen molar-refractivity contribution in [3.63, 3.8) is 0 Å². The van der Waals surface area contributed by atoms with Gasteiger partial charge in [-0.3, -0.25) is 0 Å². The first-order chi connectivity index (χ1) is 7.15. The first-order valence-corrected chi connectivity index (χ1v) is 5.68. The lowest BCUT2D eigenvalue weighted by atomic mass is 9.95. The van der Waals surface area contributed by atoms with Gasteiger partial charge in [0, 0.05) is 0 Å². The van der Waals surface area contributed by atoms with Crippen LogP contribution in [0.3, 0.4) is 0 Å². The van der Waals surface area contributed by atoms with Crippen LogP contribution in [0.4, 0.5) is 0 Å². The molecule has 0 heterocycles. The van der Waals surface area contributed by atoms with E-state index in [1.54, 1.807) is 6.08 Å². The number of aliphatic hydroxyl groups is 1. The van der Waals surface area contributed by atoms with Crippen LogP contribution in [0.2, 0.25) is 0 Å². The van der Waals surface area contributed by atoms with Crippen LogP contribution in [0.1, 0.15) is 46.0 Å². The zero-order chi connectivity index (χ0) is 11.7. The van der Waals surface area contributed by atoms with Crippen molar-refractivity contribution in [2.75, 3.05) is 6.61 Å². The van der Waals surface area contributed by atoms with Crippen LogP contribution in [0, 0.1) is 5.92 Å². The van der Waals surface area contributed by atoms with Crippen LogP contribution in [-0.2, 0) is 4.79 Å². The molecule has 0 radical (unpaired) electrons. The first kappa shape index (κ1) is 14.2. The SMILES string of the molecule is CCCCC(CC)CC=C(CO)C(=O)O. The minimum absolute atomic E-state index is 0.116. The molecule has 3 heteroatoms. The molecule has 0 aliphatic heterocycles. The molecule has 15 heavy (non-hydrogen) atoms. The van der Waals surface area contributed by atoms with E-state index in [4.69, 9.17) is 10.2 Å². The Morgan fingerprint density at radius 2 is 2.07 bits per heavy atom. The molecule has 88 valence electrons. The number of aliphatic hydroxyl groups excluding tert-OH is 1. The Morgan fingerprint density at radius 1 is 1.40 bits per heavy atom. The Labute approximate surface area is 91.8 Å². The molecule has 0 aromatic rings. The lowest BCUT2D eigenvalue weighted by molar-refractivity contribution is -0.133. The van der Waals surface area contributed by atoms with Crippen LogP contribution in [0.15, 0.2) is 11.6 Å². The smallest absolute Gasteiger partial charge is 0.333 e. The van der Waals surface area contributed by atoms with Gasteiger partial charge in [0.2, 0.25) is 0 Å². The number of carboxylic acid groups (broad SMARTS) is 1. The summed E-state index contributed by atoms with van der Waals surface area (Å²) in [7, 11) is 0. The minimum atomic E-state index is -1.01. The van der Waals surface area contributed by atoms with Crippen molar-refractivity contribution >= 4 is 5.97 Å². The maximum atomic E-state index is 10.6. The monoisotopic (exact) mass is 214 g/mol. The molecule has 0 saturated heterocycles. The number of hydrogen-bond donors (Lipinski definition) is 2. The average molecular weight is 214 g/mol. The molecule has 1 atom stereocenters. The summed E-state index contributed by atoms with van der Waals surface area (Å²) in [6.07, 6.45) is 6.99. The molecule has 0 spiro atoms. The molecule has 1 unspecified atom stereocenters. The largest absolute Gasteiger partial charge is 0.478 e. The lowest BCUT2D eigenvalue weighted by Crippen LogP contribution is -2.06. The van der Waals surface area contributed by atoms with E-state index in [1.165, 1.54) is 12.8 Å². The molecule has 0 bridgehead atoms. The Morgan fingerprint density at radius 3 is 2.47 bits per heavy atom. The molecular weight excluding hydrogens is 192 g/mol. The highest BCUT2D eigenvalue weighted by Gasteiger charge is 2.08. The molecule has 0 aromatic heterocycles. The van der Waals surface area contributed by atoms with E-state index in [9.17, 15) is 4.79 Å². The van der Waals surface area contributed by atoms with Crippen LogP contribution >= 0.6 is 0 Å².